The fourth-order valence-corrected chi connectivity index (χ4v) is 1.07. The topological polar surface area (TPSA) is 56.1 Å². The second kappa shape index (κ2) is 8.36. The first-order valence-corrected chi connectivity index (χ1v) is 5.16. The smallest absolute Gasteiger partial charge is 0.317 e. The van der Waals surface area contributed by atoms with E-state index in [0.29, 0.717) is 19.5 Å². The normalized spacial score (nSPS) is 9.21. The molecule has 0 aromatic carbocycles. The standard InChI is InChI=1S/C10H19N3O/c1-3-5-8-12-10(14)13(4-2)9-6-7-11/h3-6,8-9H2,1-2H3,(H,12,14). The molecule has 80 valence electrons. The minimum absolute atomic E-state index is 0.0591. The number of hydrogen-bond donors (Lipinski definition) is 1. The summed E-state index contributed by atoms with van der Waals surface area (Å²) in [4.78, 5) is 13.1. The third kappa shape index (κ3) is 5.41. The number of amides is 2. The van der Waals surface area contributed by atoms with E-state index < -0.39 is 0 Å². The molecular weight excluding hydrogens is 178 g/mol. The number of urea groups is 1. The van der Waals surface area contributed by atoms with E-state index in [2.05, 4.69) is 12.2 Å². The lowest BCUT2D eigenvalue weighted by molar-refractivity contribution is 0.201. The zero-order valence-corrected chi connectivity index (χ0v) is 9.05. The van der Waals surface area contributed by atoms with Crippen molar-refractivity contribution >= 4 is 6.03 Å². The van der Waals surface area contributed by atoms with Gasteiger partial charge in [-0.3, -0.25) is 0 Å². The molecule has 0 atom stereocenters. The molecule has 0 unspecified atom stereocenters. The molecule has 0 heterocycles. The fraction of sp³-hybridized carbons (Fsp3) is 0.800. The molecule has 14 heavy (non-hydrogen) atoms. The number of hydrogen-bond acceptors (Lipinski definition) is 2. The van der Waals surface area contributed by atoms with Crippen LogP contribution in [-0.4, -0.2) is 30.6 Å². The van der Waals surface area contributed by atoms with Crippen molar-refractivity contribution in [3.8, 4) is 6.07 Å². The molecule has 4 heteroatoms. The van der Waals surface area contributed by atoms with Crippen molar-refractivity contribution in [1.29, 1.82) is 5.26 Å². The molecule has 0 aromatic rings. The van der Waals surface area contributed by atoms with Crippen LogP contribution in [0, 0.1) is 11.3 Å². The molecule has 0 saturated heterocycles. The van der Waals surface area contributed by atoms with E-state index in [0.717, 1.165) is 19.4 Å². The second-order valence-corrected chi connectivity index (χ2v) is 3.07. The molecule has 2 amide bonds. The molecule has 0 aliphatic rings. The molecule has 4 nitrogen and oxygen atoms in total. The van der Waals surface area contributed by atoms with Gasteiger partial charge in [-0.05, 0) is 13.3 Å². The SMILES string of the molecule is CCCCNC(=O)N(CC)CCC#N. The minimum atomic E-state index is -0.0591. The van der Waals surface area contributed by atoms with Crippen molar-refractivity contribution in [2.24, 2.45) is 0 Å². The Hall–Kier alpha value is -1.24. The van der Waals surface area contributed by atoms with Crippen molar-refractivity contribution in [1.82, 2.24) is 10.2 Å². The lowest BCUT2D eigenvalue weighted by Crippen LogP contribution is -2.40. The van der Waals surface area contributed by atoms with Gasteiger partial charge >= 0.3 is 6.03 Å². The molecule has 0 aliphatic heterocycles. The molecule has 0 bridgehead atoms. The summed E-state index contributed by atoms with van der Waals surface area (Å²) in [7, 11) is 0. The fourth-order valence-electron chi connectivity index (χ4n) is 1.07. The lowest BCUT2D eigenvalue weighted by atomic mass is 10.3. The maximum absolute atomic E-state index is 11.5. The molecule has 0 fully saturated rings. The van der Waals surface area contributed by atoms with Gasteiger partial charge in [0.2, 0.25) is 0 Å². The number of rotatable bonds is 6. The van der Waals surface area contributed by atoms with Gasteiger partial charge in [-0.15, -0.1) is 0 Å². The third-order valence-corrected chi connectivity index (χ3v) is 1.97. The van der Waals surface area contributed by atoms with Crippen LogP contribution in [0.15, 0.2) is 0 Å². The van der Waals surface area contributed by atoms with E-state index >= 15 is 0 Å². The Kier molecular flexibility index (Phi) is 7.62. The summed E-state index contributed by atoms with van der Waals surface area (Å²) in [6.07, 6.45) is 2.47. The highest BCUT2D eigenvalue weighted by Gasteiger charge is 2.08. The largest absolute Gasteiger partial charge is 0.338 e. The van der Waals surface area contributed by atoms with Gasteiger partial charge in [0.1, 0.15) is 0 Å². The Balaban J connectivity index is 3.74. The highest BCUT2D eigenvalue weighted by Crippen LogP contribution is 1.92. The van der Waals surface area contributed by atoms with Crippen molar-refractivity contribution in [3.63, 3.8) is 0 Å². The molecule has 0 radical (unpaired) electrons. The molecule has 0 spiro atoms. The van der Waals surface area contributed by atoms with Gasteiger partial charge in [0.05, 0.1) is 12.5 Å². The number of nitriles is 1. The van der Waals surface area contributed by atoms with E-state index in [9.17, 15) is 4.79 Å². The lowest BCUT2D eigenvalue weighted by Gasteiger charge is -2.19. The first-order chi connectivity index (χ1) is 6.76. The highest BCUT2D eigenvalue weighted by atomic mass is 16.2. The van der Waals surface area contributed by atoms with Crippen molar-refractivity contribution in [3.05, 3.63) is 0 Å². The van der Waals surface area contributed by atoms with Crippen molar-refractivity contribution in [2.75, 3.05) is 19.6 Å². The Morgan fingerprint density at radius 2 is 2.21 bits per heavy atom. The third-order valence-electron chi connectivity index (χ3n) is 1.97. The highest BCUT2D eigenvalue weighted by molar-refractivity contribution is 5.74. The van der Waals surface area contributed by atoms with Gasteiger partial charge in [0.15, 0.2) is 0 Å². The zero-order valence-electron chi connectivity index (χ0n) is 9.05. The minimum Gasteiger partial charge on any atom is -0.338 e. The summed E-state index contributed by atoms with van der Waals surface area (Å²) in [5, 5.41) is 11.2. The Morgan fingerprint density at radius 3 is 2.71 bits per heavy atom. The number of nitrogens with zero attached hydrogens (tertiary/aromatic N) is 2. The van der Waals surface area contributed by atoms with Gasteiger partial charge in [-0.25, -0.2) is 4.79 Å². The molecule has 0 aromatic heterocycles. The number of carbonyl (C=O) groups is 1. The van der Waals surface area contributed by atoms with Crippen molar-refractivity contribution in [2.45, 2.75) is 33.1 Å². The number of carbonyl (C=O) groups excluding carboxylic acids is 1. The second-order valence-electron chi connectivity index (χ2n) is 3.07. The summed E-state index contributed by atoms with van der Waals surface area (Å²) < 4.78 is 0. The zero-order chi connectivity index (χ0) is 10.8. The molecule has 0 aliphatic carbocycles. The van der Waals surface area contributed by atoms with Crippen LogP contribution < -0.4 is 5.32 Å². The summed E-state index contributed by atoms with van der Waals surface area (Å²) in [6.45, 7) is 5.89. The van der Waals surface area contributed by atoms with Crippen LogP contribution in [0.25, 0.3) is 0 Å². The first-order valence-electron chi connectivity index (χ1n) is 5.16. The Labute approximate surface area is 85.9 Å². The maximum atomic E-state index is 11.5. The van der Waals surface area contributed by atoms with Gasteiger partial charge in [0, 0.05) is 19.6 Å². The van der Waals surface area contributed by atoms with E-state index in [1.165, 1.54) is 0 Å². The van der Waals surface area contributed by atoms with E-state index in [4.69, 9.17) is 5.26 Å². The van der Waals surface area contributed by atoms with Crippen LogP contribution in [-0.2, 0) is 0 Å². The molecule has 1 N–H and O–H groups in total. The summed E-state index contributed by atoms with van der Waals surface area (Å²) >= 11 is 0. The predicted octanol–water partition coefficient (Wildman–Crippen LogP) is 1.73. The maximum Gasteiger partial charge on any atom is 0.317 e. The molecule has 0 rings (SSSR count). The monoisotopic (exact) mass is 197 g/mol. The van der Waals surface area contributed by atoms with E-state index in [1.807, 2.05) is 13.0 Å². The van der Waals surface area contributed by atoms with Gasteiger partial charge in [0.25, 0.3) is 0 Å². The van der Waals surface area contributed by atoms with Gasteiger partial charge < -0.3 is 10.2 Å². The summed E-state index contributed by atoms with van der Waals surface area (Å²) in [6, 6.07) is 1.97. The predicted molar refractivity (Wildman–Crippen MR) is 55.8 cm³/mol. The van der Waals surface area contributed by atoms with Crippen LogP contribution in [0.5, 0.6) is 0 Å². The Morgan fingerprint density at radius 1 is 1.50 bits per heavy atom. The van der Waals surface area contributed by atoms with Crippen LogP contribution in [0.2, 0.25) is 0 Å². The summed E-state index contributed by atoms with van der Waals surface area (Å²) in [5.74, 6) is 0. The van der Waals surface area contributed by atoms with Gasteiger partial charge in [-0.1, -0.05) is 13.3 Å². The van der Waals surface area contributed by atoms with Crippen molar-refractivity contribution < 1.29 is 4.79 Å². The van der Waals surface area contributed by atoms with E-state index in [-0.39, 0.29) is 6.03 Å². The van der Waals surface area contributed by atoms with Gasteiger partial charge in [-0.2, -0.15) is 5.26 Å². The molecular formula is C10H19N3O. The Bertz CT molecular complexity index is 198. The number of unbranched alkanes of at least 4 members (excludes halogenated alkanes) is 1. The quantitative estimate of drug-likeness (QED) is 0.659. The van der Waals surface area contributed by atoms with Crippen LogP contribution in [0.4, 0.5) is 4.79 Å². The first kappa shape index (κ1) is 12.8. The van der Waals surface area contributed by atoms with Crippen LogP contribution in [0.3, 0.4) is 0 Å². The average Bonchev–Trinajstić information content (AvgIpc) is 2.19. The van der Waals surface area contributed by atoms with Crippen LogP contribution in [0.1, 0.15) is 33.1 Å². The average molecular weight is 197 g/mol. The number of nitrogens with one attached hydrogen (secondary N) is 1. The molecule has 0 saturated carbocycles. The van der Waals surface area contributed by atoms with Crippen LogP contribution >= 0.6 is 0 Å². The summed E-state index contributed by atoms with van der Waals surface area (Å²) in [5.41, 5.74) is 0. The van der Waals surface area contributed by atoms with E-state index in [1.54, 1.807) is 4.90 Å².